The zero-order valence-corrected chi connectivity index (χ0v) is 12.1. The standard InChI is InChI=1S/C14H27BO2/c1-6-7-8-11-9-10-12(11)15-16-13(2,3)14(4,5)17-15/h11-12H,6-10H2,1-5H3/t11?,12-/m1/s1. The minimum atomic E-state index is -0.164. The first-order valence-electron chi connectivity index (χ1n) is 7.23. The molecule has 2 aliphatic rings. The fraction of sp³-hybridized carbons (Fsp3) is 1.00. The predicted molar refractivity (Wildman–Crippen MR) is 72.1 cm³/mol. The first kappa shape index (κ1) is 13.4. The maximum Gasteiger partial charge on any atom is 0.461 e. The molecule has 0 aromatic carbocycles. The second kappa shape index (κ2) is 4.58. The van der Waals surface area contributed by atoms with Crippen molar-refractivity contribution in [3.63, 3.8) is 0 Å². The van der Waals surface area contributed by atoms with Crippen LogP contribution in [0.25, 0.3) is 0 Å². The molecular weight excluding hydrogens is 211 g/mol. The molecular formula is C14H27BO2. The van der Waals surface area contributed by atoms with Gasteiger partial charge in [0.25, 0.3) is 0 Å². The second-order valence-corrected chi connectivity index (χ2v) is 6.77. The molecule has 98 valence electrons. The predicted octanol–water partition coefficient (Wildman–Crippen LogP) is 4.05. The van der Waals surface area contributed by atoms with Gasteiger partial charge in [0.2, 0.25) is 0 Å². The number of unbranched alkanes of at least 4 members (excludes halogenated alkanes) is 1. The van der Waals surface area contributed by atoms with Crippen LogP contribution >= 0.6 is 0 Å². The van der Waals surface area contributed by atoms with Gasteiger partial charge in [-0.2, -0.15) is 0 Å². The van der Waals surface area contributed by atoms with Crippen LogP contribution in [0.4, 0.5) is 0 Å². The summed E-state index contributed by atoms with van der Waals surface area (Å²) < 4.78 is 12.3. The average molecular weight is 238 g/mol. The van der Waals surface area contributed by atoms with Gasteiger partial charge >= 0.3 is 7.12 Å². The summed E-state index contributed by atoms with van der Waals surface area (Å²) in [4.78, 5) is 0. The molecule has 0 bridgehead atoms. The summed E-state index contributed by atoms with van der Waals surface area (Å²) in [5.74, 6) is 1.48. The third-order valence-electron chi connectivity index (χ3n) is 5.03. The highest BCUT2D eigenvalue weighted by Crippen LogP contribution is 2.50. The Hall–Kier alpha value is -0.0151. The Labute approximate surface area is 107 Å². The van der Waals surface area contributed by atoms with Crippen molar-refractivity contribution in [1.82, 2.24) is 0 Å². The minimum Gasteiger partial charge on any atom is -0.403 e. The molecule has 0 spiro atoms. The molecule has 0 N–H and O–H groups in total. The molecule has 1 heterocycles. The Bertz CT molecular complexity index is 259. The normalized spacial score (nSPS) is 34.8. The van der Waals surface area contributed by atoms with Gasteiger partial charge in [-0.3, -0.25) is 0 Å². The summed E-state index contributed by atoms with van der Waals surface area (Å²) in [7, 11) is 0.0376. The van der Waals surface area contributed by atoms with E-state index in [-0.39, 0.29) is 18.3 Å². The van der Waals surface area contributed by atoms with E-state index in [1.165, 1.54) is 32.1 Å². The maximum atomic E-state index is 6.16. The van der Waals surface area contributed by atoms with Crippen LogP contribution in [0.2, 0.25) is 5.82 Å². The molecule has 0 amide bonds. The Balaban J connectivity index is 1.93. The van der Waals surface area contributed by atoms with Gasteiger partial charge in [-0.05, 0) is 39.4 Å². The molecule has 17 heavy (non-hydrogen) atoms. The van der Waals surface area contributed by atoms with Gasteiger partial charge in [-0.25, -0.2) is 0 Å². The van der Waals surface area contributed by atoms with Crippen molar-refractivity contribution in [2.75, 3.05) is 0 Å². The van der Waals surface area contributed by atoms with Gasteiger partial charge in [-0.1, -0.05) is 39.0 Å². The summed E-state index contributed by atoms with van der Waals surface area (Å²) in [6.07, 6.45) is 6.65. The molecule has 1 aliphatic heterocycles. The van der Waals surface area contributed by atoms with Gasteiger partial charge in [0.05, 0.1) is 11.2 Å². The first-order valence-corrected chi connectivity index (χ1v) is 7.23. The lowest BCUT2D eigenvalue weighted by atomic mass is 9.53. The smallest absolute Gasteiger partial charge is 0.403 e. The number of rotatable bonds is 4. The molecule has 1 aliphatic carbocycles. The molecule has 0 aromatic heterocycles. The van der Waals surface area contributed by atoms with Crippen molar-refractivity contribution in [3.05, 3.63) is 0 Å². The number of hydrogen-bond donors (Lipinski definition) is 0. The van der Waals surface area contributed by atoms with E-state index in [1.54, 1.807) is 0 Å². The summed E-state index contributed by atoms with van der Waals surface area (Å²) in [5.41, 5.74) is -0.328. The van der Waals surface area contributed by atoms with Crippen LogP contribution in [0.3, 0.4) is 0 Å². The molecule has 3 heteroatoms. The Morgan fingerprint density at radius 2 is 1.65 bits per heavy atom. The largest absolute Gasteiger partial charge is 0.461 e. The fourth-order valence-corrected chi connectivity index (χ4v) is 2.84. The highest BCUT2D eigenvalue weighted by atomic mass is 16.7. The highest BCUT2D eigenvalue weighted by molar-refractivity contribution is 6.47. The Kier molecular flexibility index (Phi) is 3.62. The lowest BCUT2D eigenvalue weighted by Gasteiger charge is -2.37. The monoisotopic (exact) mass is 238 g/mol. The van der Waals surface area contributed by atoms with Gasteiger partial charge in [-0.15, -0.1) is 0 Å². The quantitative estimate of drug-likeness (QED) is 0.688. The molecule has 2 rings (SSSR count). The van der Waals surface area contributed by atoms with Crippen LogP contribution < -0.4 is 0 Å². The zero-order valence-electron chi connectivity index (χ0n) is 12.1. The average Bonchev–Trinajstić information content (AvgIpc) is 2.34. The highest BCUT2D eigenvalue weighted by Gasteiger charge is 2.56. The molecule has 2 nitrogen and oxygen atoms in total. The lowest BCUT2D eigenvalue weighted by molar-refractivity contribution is 0.00578. The zero-order chi connectivity index (χ0) is 12.7. The summed E-state index contributed by atoms with van der Waals surface area (Å²) >= 11 is 0. The third kappa shape index (κ3) is 2.41. The first-order chi connectivity index (χ1) is 7.87. The van der Waals surface area contributed by atoms with Crippen molar-refractivity contribution in [3.8, 4) is 0 Å². The van der Waals surface area contributed by atoms with E-state index in [0.717, 1.165) is 5.92 Å². The molecule has 1 saturated carbocycles. The van der Waals surface area contributed by atoms with Crippen molar-refractivity contribution < 1.29 is 9.31 Å². The van der Waals surface area contributed by atoms with Crippen molar-refractivity contribution in [1.29, 1.82) is 0 Å². The SMILES string of the molecule is CCCCC1CC[C@H]1B1OC(C)(C)C(C)(C)O1. The summed E-state index contributed by atoms with van der Waals surface area (Å²) in [5, 5.41) is 0. The van der Waals surface area contributed by atoms with Gasteiger partial charge < -0.3 is 9.31 Å². The van der Waals surface area contributed by atoms with E-state index in [0.29, 0.717) is 5.82 Å². The van der Waals surface area contributed by atoms with Crippen molar-refractivity contribution in [2.24, 2.45) is 5.92 Å². The van der Waals surface area contributed by atoms with Crippen LogP contribution in [0.15, 0.2) is 0 Å². The van der Waals surface area contributed by atoms with E-state index in [1.807, 2.05) is 0 Å². The van der Waals surface area contributed by atoms with Crippen molar-refractivity contribution in [2.45, 2.75) is 83.7 Å². The topological polar surface area (TPSA) is 18.5 Å². The van der Waals surface area contributed by atoms with Crippen LogP contribution in [0, 0.1) is 5.92 Å². The van der Waals surface area contributed by atoms with E-state index in [9.17, 15) is 0 Å². The molecule has 2 atom stereocenters. The second-order valence-electron chi connectivity index (χ2n) is 6.77. The van der Waals surface area contributed by atoms with Crippen LogP contribution in [-0.4, -0.2) is 18.3 Å². The molecule has 2 fully saturated rings. The Morgan fingerprint density at radius 3 is 2.06 bits per heavy atom. The van der Waals surface area contributed by atoms with Crippen LogP contribution in [0.1, 0.15) is 66.7 Å². The van der Waals surface area contributed by atoms with Crippen LogP contribution in [0.5, 0.6) is 0 Å². The van der Waals surface area contributed by atoms with Gasteiger partial charge in [0.15, 0.2) is 0 Å². The molecule has 1 saturated heterocycles. The molecule has 0 radical (unpaired) electrons. The van der Waals surface area contributed by atoms with Crippen molar-refractivity contribution >= 4 is 7.12 Å². The third-order valence-corrected chi connectivity index (χ3v) is 5.03. The van der Waals surface area contributed by atoms with E-state index >= 15 is 0 Å². The fourth-order valence-electron chi connectivity index (χ4n) is 2.84. The van der Waals surface area contributed by atoms with Gasteiger partial charge in [0, 0.05) is 0 Å². The van der Waals surface area contributed by atoms with E-state index < -0.39 is 0 Å². The lowest BCUT2D eigenvalue weighted by Crippen LogP contribution is -2.41. The summed E-state index contributed by atoms with van der Waals surface area (Å²) in [6, 6.07) is 0. The summed E-state index contributed by atoms with van der Waals surface area (Å²) in [6.45, 7) is 10.8. The maximum absolute atomic E-state index is 6.16. The van der Waals surface area contributed by atoms with Crippen LogP contribution in [-0.2, 0) is 9.31 Å². The molecule has 1 unspecified atom stereocenters. The number of hydrogen-bond acceptors (Lipinski definition) is 2. The minimum absolute atomic E-state index is 0.0376. The van der Waals surface area contributed by atoms with Gasteiger partial charge in [0.1, 0.15) is 0 Å². The Morgan fingerprint density at radius 1 is 1.06 bits per heavy atom. The van der Waals surface area contributed by atoms with E-state index in [2.05, 4.69) is 34.6 Å². The van der Waals surface area contributed by atoms with E-state index in [4.69, 9.17) is 9.31 Å². The molecule has 0 aromatic rings.